The number of anilines is 2. The molecule has 0 spiro atoms. The van der Waals surface area contributed by atoms with Crippen LogP contribution in [0.1, 0.15) is 27.2 Å². The molecule has 0 aliphatic rings. The fourth-order valence-electron chi connectivity index (χ4n) is 1.72. The van der Waals surface area contributed by atoms with Crippen LogP contribution in [0.3, 0.4) is 0 Å². The number of halogens is 3. The fraction of sp³-hybridized carbons (Fsp3) is 0.692. The van der Waals surface area contributed by atoms with Gasteiger partial charge in [-0.1, -0.05) is 18.7 Å². The molecule has 120 valence electrons. The summed E-state index contributed by atoms with van der Waals surface area (Å²) in [6.45, 7) is 5.13. The van der Waals surface area contributed by atoms with Gasteiger partial charge in [-0.05, 0) is 26.5 Å². The van der Waals surface area contributed by atoms with Crippen LogP contribution in [-0.2, 0) is 0 Å². The van der Waals surface area contributed by atoms with Gasteiger partial charge in [-0.2, -0.15) is 13.2 Å². The van der Waals surface area contributed by atoms with Crippen LogP contribution in [0.5, 0.6) is 0 Å². The van der Waals surface area contributed by atoms with Crippen molar-refractivity contribution in [3.05, 3.63) is 6.07 Å². The van der Waals surface area contributed by atoms with Crippen LogP contribution in [0.15, 0.2) is 11.2 Å². The third-order valence-corrected chi connectivity index (χ3v) is 3.25. The van der Waals surface area contributed by atoms with Gasteiger partial charge in [-0.3, -0.25) is 0 Å². The molecule has 8 heteroatoms. The van der Waals surface area contributed by atoms with Gasteiger partial charge in [-0.25, -0.2) is 9.97 Å². The topological polar surface area (TPSA) is 41.0 Å². The molecule has 0 bridgehead atoms. The van der Waals surface area contributed by atoms with E-state index in [0.29, 0.717) is 23.3 Å². The fourth-order valence-corrected chi connectivity index (χ4v) is 2.09. The van der Waals surface area contributed by atoms with Crippen molar-refractivity contribution >= 4 is 23.4 Å². The molecule has 0 amide bonds. The van der Waals surface area contributed by atoms with Gasteiger partial charge in [0.2, 0.25) is 0 Å². The van der Waals surface area contributed by atoms with Crippen LogP contribution in [0.2, 0.25) is 0 Å². The van der Waals surface area contributed by atoms with Crippen LogP contribution in [-0.4, -0.2) is 41.5 Å². The zero-order valence-electron chi connectivity index (χ0n) is 12.7. The Hall–Kier alpha value is -1.18. The number of alkyl halides is 3. The molecule has 0 aromatic carbocycles. The number of hydrogen-bond donors (Lipinski definition) is 1. The van der Waals surface area contributed by atoms with Gasteiger partial charge in [0.1, 0.15) is 18.2 Å². The second-order valence-electron chi connectivity index (χ2n) is 4.86. The summed E-state index contributed by atoms with van der Waals surface area (Å²) < 4.78 is 38.2. The zero-order chi connectivity index (χ0) is 16.0. The Morgan fingerprint density at radius 1 is 1.33 bits per heavy atom. The molecule has 0 atom stereocenters. The molecule has 4 nitrogen and oxygen atoms in total. The van der Waals surface area contributed by atoms with E-state index in [-0.39, 0.29) is 6.04 Å². The van der Waals surface area contributed by atoms with Crippen molar-refractivity contribution in [2.75, 3.05) is 29.6 Å². The molecular formula is C13H21F3N4S. The van der Waals surface area contributed by atoms with Gasteiger partial charge in [0.25, 0.3) is 0 Å². The van der Waals surface area contributed by atoms with Crippen molar-refractivity contribution in [2.24, 2.45) is 0 Å². The molecule has 0 radical (unpaired) electrons. The monoisotopic (exact) mass is 322 g/mol. The van der Waals surface area contributed by atoms with E-state index in [1.54, 1.807) is 26.2 Å². The van der Waals surface area contributed by atoms with Gasteiger partial charge in [0.05, 0.1) is 0 Å². The molecule has 0 saturated carbocycles. The quantitative estimate of drug-likeness (QED) is 0.611. The summed E-state index contributed by atoms with van der Waals surface area (Å²) in [6, 6.07) is 1.26. The van der Waals surface area contributed by atoms with Crippen molar-refractivity contribution in [2.45, 2.75) is 44.6 Å². The van der Waals surface area contributed by atoms with Crippen molar-refractivity contribution < 1.29 is 13.2 Å². The Labute approximate surface area is 127 Å². The van der Waals surface area contributed by atoms with Crippen molar-refractivity contribution in [3.8, 4) is 0 Å². The molecule has 0 saturated heterocycles. The summed E-state index contributed by atoms with van der Waals surface area (Å²) in [6.07, 6.45) is -1.57. The molecule has 1 rings (SSSR count). The van der Waals surface area contributed by atoms with Gasteiger partial charge in [0.15, 0.2) is 5.16 Å². The summed E-state index contributed by atoms with van der Waals surface area (Å²) in [5, 5.41) is 3.55. The van der Waals surface area contributed by atoms with E-state index >= 15 is 0 Å². The molecule has 0 unspecified atom stereocenters. The Morgan fingerprint density at radius 3 is 2.48 bits per heavy atom. The molecule has 0 fully saturated rings. The lowest BCUT2D eigenvalue weighted by Gasteiger charge is -2.29. The number of nitrogens with one attached hydrogen (secondary N) is 1. The maximum Gasteiger partial charge on any atom is 0.405 e. The van der Waals surface area contributed by atoms with Crippen LogP contribution in [0.25, 0.3) is 0 Å². The average Bonchev–Trinajstić information content (AvgIpc) is 2.40. The third kappa shape index (κ3) is 5.99. The number of nitrogens with zero attached hydrogens (tertiary/aromatic N) is 3. The Morgan fingerprint density at radius 2 is 2.00 bits per heavy atom. The molecule has 1 aromatic rings. The first kappa shape index (κ1) is 17.9. The van der Waals surface area contributed by atoms with E-state index < -0.39 is 12.7 Å². The van der Waals surface area contributed by atoms with E-state index in [4.69, 9.17) is 0 Å². The lowest BCUT2D eigenvalue weighted by atomic mass is 10.3. The Bertz CT molecular complexity index is 452. The number of thioether (sulfide) groups is 1. The lowest BCUT2D eigenvalue weighted by Crippen LogP contribution is -2.39. The molecule has 1 N–H and O–H groups in total. The second kappa shape index (κ2) is 7.72. The molecule has 21 heavy (non-hydrogen) atoms. The first-order valence-corrected chi connectivity index (χ1v) is 7.99. The van der Waals surface area contributed by atoms with Gasteiger partial charge < -0.3 is 10.2 Å². The van der Waals surface area contributed by atoms with E-state index in [9.17, 15) is 13.2 Å². The minimum Gasteiger partial charge on any atom is -0.370 e. The number of aromatic nitrogens is 2. The van der Waals surface area contributed by atoms with E-state index in [1.807, 2.05) is 6.92 Å². The SMILES string of the molecule is CCCNc1cc(N(CC(F)(F)F)C(C)C)nc(SC)n1. The molecular weight excluding hydrogens is 301 g/mol. The van der Waals surface area contributed by atoms with Crippen molar-refractivity contribution in [1.29, 1.82) is 0 Å². The van der Waals surface area contributed by atoms with E-state index in [1.165, 1.54) is 16.7 Å². The third-order valence-electron chi connectivity index (χ3n) is 2.70. The summed E-state index contributed by atoms with van der Waals surface area (Å²) in [4.78, 5) is 9.70. The molecule has 1 aromatic heterocycles. The predicted octanol–water partition coefficient (Wildman–Crippen LogP) is 3.80. The van der Waals surface area contributed by atoms with Crippen LogP contribution < -0.4 is 10.2 Å². The van der Waals surface area contributed by atoms with Crippen LogP contribution in [0, 0.1) is 0 Å². The maximum atomic E-state index is 12.7. The minimum atomic E-state index is -4.27. The predicted molar refractivity (Wildman–Crippen MR) is 81.1 cm³/mol. The highest BCUT2D eigenvalue weighted by Crippen LogP contribution is 2.26. The standard InChI is InChI=1S/C13H21F3N4S/c1-5-6-17-10-7-11(19-12(18-10)21-4)20(9(2)3)8-13(14,15)16/h7,9H,5-6,8H2,1-4H3,(H,17,18,19). The highest BCUT2D eigenvalue weighted by Gasteiger charge is 2.32. The van der Waals surface area contributed by atoms with Crippen molar-refractivity contribution in [3.63, 3.8) is 0 Å². The minimum absolute atomic E-state index is 0.292. The Balaban J connectivity index is 3.11. The van der Waals surface area contributed by atoms with Crippen molar-refractivity contribution in [1.82, 2.24) is 9.97 Å². The van der Waals surface area contributed by atoms with Gasteiger partial charge in [0, 0.05) is 18.7 Å². The largest absolute Gasteiger partial charge is 0.405 e. The summed E-state index contributed by atoms with van der Waals surface area (Å²) >= 11 is 1.31. The number of rotatable bonds is 7. The maximum absolute atomic E-state index is 12.7. The van der Waals surface area contributed by atoms with Crippen LogP contribution in [0.4, 0.5) is 24.8 Å². The molecule has 0 aliphatic heterocycles. The summed E-state index contributed by atoms with van der Waals surface area (Å²) in [7, 11) is 0. The van der Waals surface area contributed by atoms with E-state index in [0.717, 1.165) is 6.42 Å². The van der Waals surface area contributed by atoms with E-state index in [2.05, 4.69) is 15.3 Å². The summed E-state index contributed by atoms with van der Waals surface area (Å²) in [5.41, 5.74) is 0. The van der Waals surface area contributed by atoms with Gasteiger partial charge in [-0.15, -0.1) is 0 Å². The van der Waals surface area contributed by atoms with Gasteiger partial charge >= 0.3 is 6.18 Å². The highest BCUT2D eigenvalue weighted by atomic mass is 32.2. The zero-order valence-corrected chi connectivity index (χ0v) is 13.5. The normalized spacial score (nSPS) is 11.8. The molecule has 1 heterocycles. The average molecular weight is 322 g/mol. The first-order chi connectivity index (χ1) is 9.76. The number of hydrogen-bond acceptors (Lipinski definition) is 5. The first-order valence-electron chi connectivity index (χ1n) is 6.77. The highest BCUT2D eigenvalue weighted by molar-refractivity contribution is 7.98. The molecule has 0 aliphatic carbocycles. The van der Waals surface area contributed by atoms with Crippen LogP contribution >= 0.6 is 11.8 Å². The smallest absolute Gasteiger partial charge is 0.370 e. The second-order valence-corrected chi connectivity index (χ2v) is 5.64. The lowest BCUT2D eigenvalue weighted by molar-refractivity contribution is -0.120. The summed E-state index contributed by atoms with van der Waals surface area (Å²) in [5.74, 6) is 0.847. The Kier molecular flexibility index (Phi) is 6.57.